The molecule has 236 valence electrons. The molecule has 46 heavy (non-hydrogen) atoms. The van der Waals surface area contributed by atoms with Gasteiger partial charge in [-0.2, -0.15) is 0 Å². The van der Waals surface area contributed by atoms with Gasteiger partial charge in [0.2, 0.25) is 5.91 Å². The topological polar surface area (TPSA) is 109 Å². The molecule has 10 nitrogen and oxygen atoms in total. The normalized spacial score (nSPS) is 20.2. The molecule has 2 saturated heterocycles. The summed E-state index contributed by atoms with van der Waals surface area (Å²) in [5, 5.41) is 12.1. The molecule has 0 unspecified atom stereocenters. The van der Waals surface area contributed by atoms with Crippen molar-refractivity contribution in [3.63, 3.8) is 0 Å². The number of likely N-dealkylation sites (tertiary alicyclic amines) is 2. The highest BCUT2D eigenvalue weighted by atomic mass is 16.3. The zero-order valence-electron chi connectivity index (χ0n) is 26.1. The van der Waals surface area contributed by atoms with Crippen LogP contribution in [0, 0.1) is 12.8 Å². The molecule has 0 bridgehead atoms. The summed E-state index contributed by atoms with van der Waals surface area (Å²) in [7, 11) is 0. The molecule has 2 aliphatic rings. The highest BCUT2D eigenvalue weighted by Gasteiger charge is 2.41. The molecule has 2 fully saturated rings. The number of rotatable bonds is 7. The van der Waals surface area contributed by atoms with E-state index in [1.165, 1.54) is 16.5 Å². The predicted molar refractivity (Wildman–Crippen MR) is 175 cm³/mol. The fourth-order valence-corrected chi connectivity index (χ4v) is 7.12. The van der Waals surface area contributed by atoms with Crippen molar-refractivity contribution in [1.82, 2.24) is 33.9 Å². The lowest BCUT2D eigenvalue weighted by atomic mass is 9.79. The standard InChI is InChI=1S/C36H39N7O3/c1-26-32(38-17-16-37-26)23-40-18-12-29(31(22-40)27-8-4-2-5-9-27)34(44)41-20-14-36(46,15-21-41)24-42-25-39-33-30(35(42)45)13-19-43(33)28-10-6-3-7-11-28/h2-11,13,16-17,19,25,29,31,46H,12,14-15,18,20-24H2,1H3/t29-,31+/m1/s1. The maximum atomic E-state index is 14.1. The van der Waals surface area contributed by atoms with Crippen molar-refractivity contribution in [1.29, 1.82) is 0 Å². The van der Waals surface area contributed by atoms with E-state index in [-0.39, 0.29) is 29.8 Å². The van der Waals surface area contributed by atoms with Gasteiger partial charge in [-0.05, 0) is 56.5 Å². The van der Waals surface area contributed by atoms with Crippen LogP contribution in [0.1, 0.15) is 42.1 Å². The second-order valence-electron chi connectivity index (χ2n) is 12.7. The molecule has 5 aromatic rings. The number of amides is 1. The molecule has 0 aliphatic carbocycles. The third kappa shape index (κ3) is 5.98. The highest BCUT2D eigenvalue weighted by Crippen LogP contribution is 2.36. The van der Waals surface area contributed by atoms with E-state index < -0.39 is 5.60 Å². The van der Waals surface area contributed by atoms with Gasteiger partial charge < -0.3 is 14.6 Å². The number of carbonyl (C=O) groups is 1. The van der Waals surface area contributed by atoms with Crippen LogP contribution in [0.5, 0.6) is 0 Å². The smallest absolute Gasteiger partial charge is 0.262 e. The Bertz CT molecular complexity index is 1880. The lowest BCUT2D eigenvalue weighted by molar-refractivity contribution is -0.142. The molecule has 2 aliphatic heterocycles. The van der Waals surface area contributed by atoms with Gasteiger partial charge in [0.05, 0.1) is 28.9 Å². The molecule has 10 heteroatoms. The summed E-state index contributed by atoms with van der Waals surface area (Å²) in [5.74, 6) is 0.0595. The number of carbonyl (C=O) groups excluding carboxylic acids is 1. The number of hydrogen-bond acceptors (Lipinski definition) is 7. The largest absolute Gasteiger partial charge is 0.388 e. The van der Waals surface area contributed by atoms with Gasteiger partial charge in [-0.15, -0.1) is 0 Å². The Morgan fingerprint density at radius 3 is 2.39 bits per heavy atom. The number of nitrogens with zero attached hydrogens (tertiary/aromatic N) is 7. The van der Waals surface area contributed by atoms with Gasteiger partial charge in [0.25, 0.3) is 5.56 Å². The third-order valence-corrected chi connectivity index (χ3v) is 9.77. The van der Waals surface area contributed by atoms with Crippen molar-refractivity contribution in [2.45, 2.75) is 50.8 Å². The zero-order valence-corrected chi connectivity index (χ0v) is 26.1. The van der Waals surface area contributed by atoms with Crippen molar-refractivity contribution < 1.29 is 9.90 Å². The number of aliphatic hydroxyl groups is 1. The van der Waals surface area contributed by atoms with Gasteiger partial charge in [-0.25, -0.2) is 4.98 Å². The summed E-state index contributed by atoms with van der Waals surface area (Å²) < 4.78 is 3.40. The maximum Gasteiger partial charge on any atom is 0.262 e. The Hall–Kier alpha value is -4.67. The van der Waals surface area contributed by atoms with Gasteiger partial charge >= 0.3 is 0 Å². The molecular formula is C36H39N7O3. The molecule has 2 atom stereocenters. The first-order valence-corrected chi connectivity index (χ1v) is 16.1. The minimum absolute atomic E-state index is 0.0554. The summed E-state index contributed by atoms with van der Waals surface area (Å²) >= 11 is 0. The lowest BCUT2D eigenvalue weighted by Gasteiger charge is -2.43. The fourth-order valence-electron chi connectivity index (χ4n) is 7.12. The number of aryl methyl sites for hydroxylation is 1. The predicted octanol–water partition coefficient (Wildman–Crippen LogP) is 3.95. The van der Waals surface area contributed by atoms with Crippen LogP contribution < -0.4 is 5.56 Å². The first-order chi connectivity index (χ1) is 22.4. The molecule has 3 aromatic heterocycles. The van der Waals surface area contributed by atoms with Crippen LogP contribution in [0.3, 0.4) is 0 Å². The minimum Gasteiger partial charge on any atom is -0.388 e. The molecule has 7 rings (SSSR count). The van der Waals surface area contributed by atoms with E-state index in [1.54, 1.807) is 18.5 Å². The Morgan fingerprint density at radius 2 is 1.65 bits per heavy atom. The molecule has 0 spiro atoms. The van der Waals surface area contributed by atoms with E-state index in [1.807, 2.05) is 71.1 Å². The molecule has 2 aromatic carbocycles. The van der Waals surface area contributed by atoms with Crippen LogP contribution in [-0.2, 0) is 17.9 Å². The average molecular weight is 618 g/mol. The summed E-state index contributed by atoms with van der Waals surface area (Å²) in [4.78, 5) is 45.3. The second-order valence-corrected chi connectivity index (χ2v) is 12.7. The van der Waals surface area contributed by atoms with E-state index in [0.29, 0.717) is 43.5 Å². The molecule has 5 heterocycles. The Kier molecular flexibility index (Phi) is 8.23. The third-order valence-electron chi connectivity index (χ3n) is 9.77. The lowest BCUT2D eigenvalue weighted by Crippen LogP contribution is -2.53. The van der Waals surface area contributed by atoms with Gasteiger partial charge in [-0.3, -0.25) is 29.0 Å². The van der Waals surface area contributed by atoms with E-state index >= 15 is 0 Å². The number of hydrogen-bond donors (Lipinski definition) is 1. The number of para-hydroxylation sites is 1. The first kappa shape index (κ1) is 30.0. The van der Waals surface area contributed by atoms with Crippen molar-refractivity contribution in [3.05, 3.63) is 119 Å². The summed E-state index contributed by atoms with van der Waals surface area (Å²) in [5.41, 5.74) is 3.30. The average Bonchev–Trinajstić information content (AvgIpc) is 3.53. The maximum absolute atomic E-state index is 14.1. The van der Waals surface area contributed by atoms with Gasteiger partial charge in [0.15, 0.2) is 5.65 Å². The second kappa shape index (κ2) is 12.6. The van der Waals surface area contributed by atoms with Crippen LogP contribution in [0.25, 0.3) is 16.7 Å². The molecule has 1 N–H and O–H groups in total. The number of aromatic nitrogens is 5. The monoisotopic (exact) mass is 617 g/mol. The Balaban J connectivity index is 1.03. The van der Waals surface area contributed by atoms with E-state index in [4.69, 9.17) is 0 Å². The Morgan fingerprint density at radius 1 is 0.935 bits per heavy atom. The van der Waals surface area contributed by atoms with Gasteiger partial charge in [0, 0.05) is 62.3 Å². The molecule has 0 saturated carbocycles. The summed E-state index contributed by atoms with van der Waals surface area (Å²) in [6, 6.07) is 21.9. The number of benzene rings is 2. The molecular weight excluding hydrogens is 578 g/mol. The van der Waals surface area contributed by atoms with E-state index in [0.717, 1.165) is 36.6 Å². The number of piperidine rings is 2. The van der Waals surface area contributed by atoms with Crippen LogP contribution in [0.4, 0.5) is 0 Å². The fraction of sp³-hybridized carbons (Fsp3) is 0.361. The van der Waals surface area contributed by atoms with Gasteiger partial charge in [0.1, 0.15) is 6.33 Å². The summed E-state index contributed by atoms with van der Waals surface area (Å²) in [6.07, 6.45) is 8.38. The quantitative estimate of drug-likeness (QED) is 0.295. The van der Waals surface area contributed by atoms with Crippen molar-refractivity contribution in [2.24, 2.45) is 5.92 Å². The molecule has 0 radical (unpaired) electrons. The van der Waals surface area contributed by atoms with Crippen molar-refractivity contribution in [3.8, 4) is 5.69 Å². The SMILES string of the molecule is Cc1nccnc1CN1CC[C@@H](C(=O)N2CCC(O)(Cn3cnc4c(ccn4-c4ccccc4)c3=O)CC2)[C@H](c2ccccc2)C1. The highest BCUT2D eigenvalue weighted by molar-refractivity contribution is 5.80. The summed E-state index contributed by atoms with van der Waals surface area (Å²) in [6.45, 7) is 5.29. The van der Waals surface area contributed by atoms with E-state index in [2.05, 4.69) is 32.0 Å². The number of fused-ring (bicyclic) bond motifs is 1. The van der Waals surface area contributed by atoms with Gasteiger partial charge in [-0.1, -0.05) is 48.5 Å². The zero-order chi connectivity index (χ0) is 31.7. The van der Waals surface area contributed by atoms with Crippen LogP contribution in [-0.4, -0.2) is 76.7 Å². The van der Waals surface area contributed by atoms with E-state index in [9.17, 15) is 14.7 Å². The molecule has 1 amide bonds. The van der Waals surface area contributed by atoms with Crippen LogP contribution in [0.2, 0.25) is 0 Å². The minimum atomic E-state index is -1.10. The van der Waals surface area contributed by atoms with Crippen molar-refractivity contribution >= 4 is 16.9 Å². The van der Waals surface area contributed by atoms with Crippen LogP contribution in [0.15, 0.2) is 96.4 Å². The first-order valence-electron chi connectivity index (χ1n) is 16.1. The van der Waals surface area contributed by atoms with Crippen LogP contribution >= 0.6 is 0 Å². The van der Waals surface area contributed by atoms with Crippen molar-refractivity contribution in [2.75, 3.05) is 26.2 Å². The Labute approximate surface area is 268 Å².